The molecule has 166 valence electrons. The molecule has 0 aliphatic rings. The second-order valence-corrected chi connectivity index (χ2v) is 10.5. The third-order valence-electron chi connectivity index (χ3n) is 5.61. The SMILES string of the molecule is CCCCCCCCCCCCCCCC=CCCCC(P(=O)=O)[N+](C)(C)C. The molecule has 0 aromatic heterocycles. The summed E-state index contributed by atoms with van der Waals surface area (Å²) in [5.74, 6) is -0.260. The Morgan fingerprint density at radius 2 is 1.04 bits per heavy atom. The summed E-state index contributed by atoms with van der Waals surface area (Å²) in [6, 6.07) is 0. The minimum atomic E-state index is -2.35. The van der Waals surface area contributed by atoms with E-state index in [0.717, 1.165) is 19.3 Å². The van der Waals surface area contributed by atoms with Crippen LogP contribution in [0.4, 0.5) is 0 Å². The third-order valence-corrected chi connectivity index (χ3v) is 7.05. The molecule has 0 spiro atoms. The number of quaternary nitrogens is 1. The molecule has 0 radical (unpaired) electrons. The van der Waals surface area contributed by atoms with E-state index in [-0.39, 0.29) is 5.78 Å². The molecule has 0 saturated heterocycles. The zero-order valence-electron chi connectivity index (χ0n) is 19.5. The normalized spacial score (nSPS) is 13.3. The standard InChI is InChI=1S/C24H49NO2P/c1-5-6-7-8-9-10-11-12-13-14-15-16-17-18-19-20-21-22-23-24(28(26)27)25(2,3)4/h19-20,24H,5-18,21-23H2,1-4H3/q+1. The van der Waals surface area contributed by atoms with Crippen molar-refractivity contribution in [2.45, 2.75) is 122 Å². The van der Waals surface area contributed by atoms with Gasteiger partial charge in [0.2, 0.25) is 0 Å². The first-order chi connectivity index (χ1) is 13.4. The van der Waals surface area contributed by atoms with Crippen molar-refractivity contribution in [3.63, 3.8) is 0 Å². The predicted molar refractivity (Wildman–Crippen MR) is 123 cm³/mol. The van der Waals surface area contributed by atoms with Crippen LogP contribution in [0.3, 0.4) is 0 Å². The highest BCUT2D eigenvalue weighted by molar-refractivity contribution is 7.31. The maximum Gasteiger partial charge on any atom is 0.375 e. The van der Waals surface area contributed by atoms with Gasteiger partial charge in [-0.3, -0.25) is 0 Å². The minimum Gasteiger partial charge on any atom is -0.317 e. The lowest BCUT2D eigenvalue weighted by Gasteiger charge is -2.29. The van der Waals surface area contributed by atoms with Crippen LogP contribution >= 0.6 is 7.68 Å². The first kappa shape index (κ1) is 27.6. The maximum atomic E-state index is 11.4. The lowest BCUT2D eigenvalue weighted by molar-refractivity contribution is -0.882. The molecule has 0 fully saturated rings. The number of rotatable bonds is 20. The van der Waals surface area contributed by atoms with E-state index >= 15 is 0 Å². The van der Waals surface area contributed by atoms with Crippen molar-refractivity contribution >= 4 is 7.68 Å². The fourth-order valence-electron chi connectivity index (χ4n) is 3.71. The zero-order chi connectivity index (χ0) is 21.1. The monoisotopic (exact) mass is 414 g/mol. The summed E-state index contributed by atoms with van der Waals surface area (Å²) < 4.78 is 23.2. The first-order valence-electron chi connectivity index (χ1n) is 12.0. The Balaban J connectivity index is 3.38. The van der Waals surface area contributed by atoms with Gasteiger partial charge >= 0.3 is 7.68 Å². The Hall–Kier alpha value is -0.400. The number of nitrogens with zero attached hydrogens (tertiary/aromatic N) is 1. The number of hydrogen-bond acceptors (Lipinski definition) is 2. The minimum absolute atomic E-state index is 0.260. The molecule has 28 heavy (non-hydrogen) atoms. The molecule has 4 heteroatoms. The van der Waals surface area contributed by atoms with Gasteiger partial charge in [0.05, 0.1) is 21.1 Å². The van der Waals surface area contributed by atoms with Gasteiger partial charge in [-0.2, -0.15) is 0 Å². The van der Waals surface area contributed by atoms with Crippen LogP contribution in [-0.4, -0.2) is 31.4 Å². The maximum absolute atomic E-state index is 11.4. The highest BCUT2D eigenvalue weighted by atomic mass is 31.1. The molecular formula is C24H49NO2P+. The first-order valence-corrected chi connectivity index (χ1v) is 13.2. The fourth-order valence-corrected chi connectivity index (χ4v) is 4.67. The summed E-state index contributed by atoms with van der Waals surface area (Å²) >= 11 is 0. The van der Waals surface area contributed by atoms with E-state index in [9.17, 15) is 9.13 Å². The van der Waals surface area contributed by atoms with Crippen LogP contribution < -0.4 is 0 Å². The summed E-state index contributed by atoms with van der Waals surface area (Å²) in [4.78, 5) is 0. The molecule has 0 heterocycles. The van der Waals surface area contributed by atoms with E-state index in [2.05, 4.69) is 19.1 Å². The number of allylic oxidation sites excluding steroid dienone is 2. The van der Waals surface area contributed by atoms with Crippen LogP contribution in [0.25, 0.3) is 0 Å². The predicted octanol–water partition coefficient (Wildman–Crippen LogP) is 8.40. The summed E-state index contributed by atoms with van der Waals surface area (Å²) in [5, 5.41) is 0. The van der Waals surface area contributed by atoms with Gasteiger partial charge in [-0.1, -0.05) is 96.1 Å². The molecule has 0 rings (SSSR count). The van der Waals surface area contributed by atoms with Crippen LogP contribution in [0, 0.1) is 0 Å². The van der Waals surface area contributed by atoms with Crippen molar-refractivity contribution in [2.24, 2.45) is 0 Å². The zero-order valence-corrected chi connectivity index (χ0v) is 20.4. The lowest BCUT2D eigenvalue weighted by atomic mass is 10.0. The molecule has 0 aromatic carbocycles. The van der Waals surface area contributed by atoms with Crippen LogP contribution in [0.1, 0.15) is 116 Å². The van der Waals surface area contributed by atoms with E-state index < -0.39 is 7.68 Å². The van der Waals surface area contributed by atoms with E-state index in [0.29, 0.717) is 4.48 Å². The molecule has 1 unspecified atom stereocenters. The summed E-state index contributed by atoms with van der Waals surface area (Å²) in [6.07, 6.45) is 26.6. The van der Waals surface area contributed by atoms with Gasteiger partial charge in [0.1, 0.15) is 0 Å². The van der Waals surface area contributed by atoms with E-state index in [1.54, 1.807) is 0 Å². The van der Waals surface area contributed by atoms with Crippen LogP contribution in [0.15, 0.2) is 12.2 Å². The third kappa shape index (κ3) is 17.7. The van der Waals surface area contributed by atoms with Gasteiger partial charge in [-0.25, -0.2) is 9.13 Å². The van der Waals surface area contributed by atoms with Gasteiger partial charge in [-0.15, -0.1) is 0 Å². The van der Waals surface area contributed by atoms with E-state index in [4.69, 9.17) is 0 Å². The molecule has 0 aromatic rings. The molecule has 0 saturated carbocycles. The lowest BCUT2D eigenvalue weighted by Crippen LogP contribution is -2.42. The van der Waals surface area contributed by atoms with Crippen LogP contribution in [-0.2, 0) is 9.13 Å². The van der Waals surface area contributed by atoms with E-state index in [1.165, 1.54) is 89.9 Å². The molecule has 0 N–H and O–H groups in total. The highest BCUT2D eigenvalue weighted by Gasteiger charge is 2.28. The Labute approximate surface area is 176 Å². The van der Waals surface area contributed by atoms with Crippen molar-refractivity contribution in [1.29, 1.82) is 0 Å². The molecule has 3 nitrogen and oxygen atoms in total. The topological polar surface area (TPSA) is 34.1 Å². The number of hydrogen-bond donors (Lipinski definition) is 0. The van der Waals surface area contributed by atoms with Gasteiger partial charge < -0.3 is 4.48 Å². The van der Waals surface area contributed by atoms with Gasteiger partial charge in [0.15, 0.2) is 5.78 Å². The summed E-state index contributed by atoms with van der Waals surface area (Å²) in [5.41, 5.74) is 0. The molecule has 0 aliphatic heterocycles. The average Bonchev–Trinajstić information content (AvgIpc) is 2.62. The Kier molecular flexibility index (Phi) is 18.4. The second-order valence-electron chi connectivity index (χ2n) is 9.32. The molecular weight excluding hydrogens is 365 g/mol. The molecule has 1 atom stereocenters. The van der Waals surface area contributed by atoms with Gasteiger partial charge in [0.25, 0.3) is 0 Å². The Morgan fingerprint density at radius 1 is 0.643 bits per heavy atom. The van der Waals surface area contributed by atoms with Crippen molar-refractivity contribution in [2.75, 3.05) is 21.1 Å². The Bertz CT molecular complexity index is 430. The largest absolute Gasteiger partial charge is 0.375 e. The summed E-state index contributed by atoms with van der Waals surface area (Å²) in [7, 11) is 3.53. The van der Waals surface area contributed by atoms with Gasteiger partial charge in [-0.05, 0) is 25.7 Å². The molecule has 0 bridgehead atoms. The average molecular weight is 415 g/mol. The van der Waals surface area contributed by atoms with Crippen molar-refractivity contribution in [3.8, 4) is 0 Å². The second kappa shape index (κ2) is 18.6. The smallest absolute Gasteiger partial charge is 0.317 e. The fraction of sp³-hybridized carbons (Fsp3) is 0.917. The van der Waals surface area contributed by atoms with E-state index in [1.807, 2.05) is 21.1 Å². The van der Waals surface area contributed by atoms with Gasteiger partial charge in [0, 0.05) is 6.42 Å². The number of unbranched alkanes of at least 4 members (excludes halogenated alkanes) is 14. The van der Waals surface area contributed by atoms with Crippen molar-refractivity contribution in [3.05, 3.63) is 12.2 Å². The van der Waals surface area contributed by atoms with Crippen molar-refractivity contribution in [1.82, 2.24) is 0 Å². The molecule has 0 amide bonds. The molecule has 0 aliphatic carbocycles. The van der Waals surface area contributed by atoms with Crippen molar-refractivity contribution < 1.29 is 13.6 Å². The van der Waals surface area contributed by atoms with Crippen LogP contribution in [0.2, 0.25) is 0 Å². The highest BCUT2D eigenvalue weighted by Crippen LogP contribution is 2.26. The summed E-state index contributed by atoms with van der Waals surface area (Å²) in [6.45, 7) is 2.28. The quantitative estimate of drug-likeness (QED) is 0.0867. The Morgan fingerprint density at radius 3 is 1.43 bits per heavy atom. The van der Waals surface area contributed by atoms with Crippen LogP contribution in [0.5, 0.6) is 0 Å².